The molecule has 1 aromatic carbocycles. The topological polar surface area (TPSA) is 103 Å². The number of carbonyl (C=O) groups excluding carboxylic acids is 1. The summed E-state index contributed by atoms with van der Waals surface area (Å²) >= 11 is 0.774. The van der Waals surface area contributed by atoms with Gasteiger partial charge in [-0.15, -0.1) is 16.4 Å². The van der Waals surface area contributed by atoms with Gasteiger partial charge in [0.25, 0.3) is 5.56 Å². The quantitative estimate of drug-likeness (QED) is 0.247. The zero-order valence-electron chi connectivity index (χ0n) is 22.0. The van der Waals surface area contributed by atoms with Gasteiger partial charge in [0.1, 0.15) is 11.6 Å². The number of nitrogens with one attached hydrogen (secondary N) is 2. The first-order valence-corrected chi connectivity index (χ1v) is 13.4. The number of carbonyl (C=O) groups is 1. The molecule has 3 heterocycles. The minimum Gasteiger partial charge on any atom is -0.493 e. The minimum atomic E-state index is -4.50. The van der Waals surface area contributed by atoms with Crippen LogP contribution >= 0.6 is 11.3 Å². The van der Waals surface area contributed by atoms with Gasteiger partial charge in [-0.05, 0) is 44.0 Å². The molecular weight excluding hydrogens is 533 g/mol. The Kier molecular flexibility index (Phi) is 8.28. The molecule has 208 valence electrons. The molecule has 13 heteroatoms. The first-order valence-electron chi connectivity index (χ1n) is 12.6. The van der Waals surface area contributed by atoms with Crippen LogP contribution in [0.1, 0.15) is 50.7 Å². The molecule has 0 bridgehead atoms. The number of aryl methyl sites for hydroxylation is 2. The summed E-state index contributed by atoms with van der Waals surface area (Å²) in [5.74, 6) is 1.47. The van der Waals surface area contributed by atoms with E-state index in [1.54, 1.807) is 34.2 Å². The maximum absolute atomic E-state index is 13.6. The Morgan fingerprint density at radius 1 is 1.13 bits per heavy atom. The van der Waals surface area contributed by atoms with E-state index in [0.717, 1.165) is 29.2 Å². The maximum Gasteiger partial charge on any atom is 0.417 e. The lowest BCUT2D eigenvalue weighted by Gasteiger charge is -2.17. The largest absolute Gasteiger partial charge is 0.493 e. The second kappa shape index (κ2) is 11.5. The molecule has 4 aromatic rings. The molecule has 0 saturated carbocycles. The normalized spacial score (nSPS) is 11.7. The van der Waals surface area contributed by atoms with Crippen LogP contribution in [-0.4, -0.2) is 31.8 Å². The fraction of sp³-hybridized carbons (Fsp3) is 0.385. The third-order valence-electron chi connectivity index (χ3n) is 5.86. The molecule has 0 saturated heterocycles. The number of imidazole rings is 1. The third-order valence-corrected chi connectivity index (χ3v) is 6.71. The zero-order valence-corrected chi connectivity index (χ0v) is 22.8. The average molecular weight is 563 g/mol. The van der Waals surface area contributed by atoms with Crippen molar-refractivity contribution >= 4 is 33.6 Å². The van der Waals surface area contributed by atoms with E-state index >= 15 is 0 Å². The molecule has 0 aliphatic carbocycles. The molecule has 0 aliphatic heterocycles. The van der Waals surface area contributed by atoms with Crippen molar-refractivity contribution in [3.8, 4) is 17.1 Å². The van der Waals surface area contributed by atoms with Crippen LogP contribution in [0.5, 0.6) is 5.75 Å². The predicted molar refractivity (Wildman–Crippen MR) is 145 cm³/mol. The van der Waals surface area contributed by atoms with E-state index in [1.807, 2.05) is 20.8 Å². The fourth-order valence-corrected chi connectivity index (χ4v) is 4.91. The van der Waals surface area contributed by atoms with Gasteiger partial charge in [-0.3, -0.25) is 14.7 Å². The van der Waals surface area contributed by atoms with Gasteiger partial charge in [-0.1, -0.05) is 20.8 Å². The zero-order chi connectivity index (χ0) is 28.3. The van der Waals surface area contributed by atoms with E-state index in [9.17, 15) is 22.8 Å². The molecule has 0 spiro atoms. The molecule has 2 amide bonds. The number of amides is 2. The first-order chi connectivity index (χ1) is 18.6. The number of fused-ring (bicyclic) bond motifs is 1. The summed E-state index contributed by atoms with van der Waals surface area (Å²) < 4.78 is 47.8. The van der Waals surface area contributed by atoms with Gasteiger partial charge < -0.3 is 10.1 Å². The lowest BCUT2D eigenvalue weighted by molar-refractivity contribution is -0.137. The van der Waals surface area contributed by atoms with Crippen molar-refractivity contribution in [1.82, 2.24) is 19.2 Å². The predicted octanol–water partition coefficient (Wildman–Crippen LogP) is 6.35. The van der Waals surface area contributed by atoms with Crippen LogP contribution in [0.4, 0.5) is 28.7 Å². The summed E-state index contributed by atoms with van der Waals surface area (Å²) in [6.07, 6.45) is -2.51. The standard InChI is InChI=1S/C26H29F3N6O3S/c1-5-10-34-23(33-35-20(7-3)30-15(4)22(35)24(34)36)18-13-17(8-9-19(18)38-11-6-2)31-25(37)32-21-12-16(14-39-21)26(27,28)29/h8-9,12-14H,5-7,10-11H2,1-4H3,(H2,31,32,37). The smallest absolute Gasteiger partial charge is 0.417 e. The lowest BCUT2D eigenvalue weighted by Crippen LogP contribution is -2.27. The Labute approximate surface area is 226 Å². The van der Waals surface area contributed by atoms with Crippen LogP contribution in [0, 0.1) is 6.92 Å². The summed E-state index contributed by atoms with van der Waals surface area (Å²) in [5.41, 5.74) is 0.758. The number of hydrogen-bond acceptors (Lipinski definition) is 6. The number of thiophene rings is 1. The Morgan fingerprint density at radius 3 is 2.54 bits per heavy atom. The highest BCUT2D eigenvalue weighted by molar-refractivity contribution is 7.14. The van der Waals surface area contributed by atoms with Crippen LogP contribution in [0.25, 0.3) is 16.9 Å². The van der Waals surface area contributed by atoms with E-state index in [-0.39, 0.29) is 10.6 Å². The van der Waals surface area contributed by atoms with E-state index in [4.69, 9.17) is 9.84 Å². The van der Waals surface area contributed by atoms with Gasteiger partial charge >= 0.3 is 12.2 Å². The van der Waals surface area contributed by atoms with Crippen molar-refractivity contribution in [3.63, 3.8) is 0 Å². The number of benzene rings is 1. The van der Waals surface area contributed by atoms with Crippen molar-refractivity contribution in [2.24, 2.45) is 0 Å². The molecule has 9 nitrogen and oxygen atoms in total. The van der Waals surface area contributed by atoms with E-state index in [2.05, 4.69) is 15.6 Å². The SMILES string of the molecule is CCCOc1ccc(NC(=O)Nc2cc(C(F)(F)F)cs2)cc1-c1nn2c(CC)nc(C)c2c(=O)n1CCC. The lowest BCUT2D eigenvalue weighted by atomic mass is 10.1. The maximum atomic E-state index is 13.6. The summed E-state index contributed by atoms with van der Waals surface area (Å²) in [6, 6.07) is 5.07. The summed E-state index contributed by atoms with van der Waals surface area (Å²) in [5, 5.41) is 10.9. The molecule has 0 aliphatic rings. The first kappa shape index (κ1) is 28.1. The monoisotopic (exact) mass is 562 g/mol. The van der Waals surface area contributed by atoms with Gasteiger partial charge in [-0.25, -0.2) is 14.3 Å². The molecule has 2 N–H and O–H groups in total. The molecule has 4 rings (SSSR count). The van der Waals surface area contributed by atoms with Gasteiger partial charge in [0.15, 0.2) is 11.3 Å². The van der Waals surface area contributed by atoms with Crippen LogP contribution < -0.4 is 20.9 Å². The number of anilines is 2. The highest BCUT2D eigenvalue weighted by Gasteiger charge is 2.31. The number of halogens is 3. The number of ether oxygens (including phenoxy) is 1. The highest BCUT2D eigenvalue weighted by Crippen LogP contribution is 2.35. The van der Waals surface area contributed by atoms with Crippen LogP contribution in [0.3, 0.4) is 0 Å². The van der Waals surface area contributed by atoms with E-state index in [1.165, 1.54) is 0 Å². The van der Waals surface area contributed by atoms with Gasteiger partial charge in [0.05, 0.1) is 28.4 Å². The van der Waals surface area contributed by atoms with E-state index in [0.29, 0.717) is 65.9 Å². The van der Waals surface area contributed by atoms with Crippen LogP contribution in [0.2, 0.25) is 0 Å². The molecule has 3 aromatic heterocycles. The molecule has 39 heavy (non-hydrogen) atoms. The van der Waals surface area contributed by atoms with E-state index < -0.39 is 17.8 Å². The third kappa shape index (κ3) is 5.92. The summed E-state index contributed by atoms with van der Waals surface area (Å²) in [6.45, 7) is 8.44. The Hall–Kier alpha value is -3.87. The van der Waals surface area contributed by atoms with Gasteiger partial charge in [0, 0.05) is 24.0 Å². The number of nitrogens with zero attached hydrogens (tertiary/aromatic N) is 4. The summed E-state index contributed by atoms with van der Waals surface area (Å²) in [4.78, 5) is 30.7. The fourth-order valence-electron chi connectivity index (χ4n) is 4.11. The second-order valence-electron chi connectivity index (χ2n) is 8.84. The highest BCUT2D eigenvalue weighted by atomic mass is 32.1. The van der Waals surface area contributed by atoms with Crippen molar-refractivity contribution < 1.29 is 22.7 Å². The number of rotatable bonds is 9. The Bertz CT molecular complexity index is 1560. The molecule has 0 fully saturated rings. The second-order valence-corrected chi connectivity index (χ2v) is 9.75. The number of urea groups is 1. The minimum absolute atomic E-state index is 0.0504. The number of hydrogen-bond donors (Lipinski definition) is 2. The van der Waals surface area contributed by atoms with Crippen molar-refractivity contribution in [2.75, 3.05) is 17.2 Å². The summed E-state index contributed by atoms with van der Waals surface area (Å²) in [7, 11) is 0. The Balaban J connectivity index is 1.76. The van der Waals surface area contributed by atoms with Gasteiger partial charge in [-0.2, -0.15) is 13.2 Å². The molecule has 0 atom stereocenters. The van der Waals surface area contributed by atoms with Crippen LogP contribution in [-0.2, 0) is 19.1 Å². The van der Waals surface area contributed by atoms with Crippen LogP contribution in [0.15, 0.2) is 34.4 Å². The molecular formula is C26H29F3N6O3S. The number of alkyl halides is 3. The molecule has 0 unspecified atom stereocenters. The van der Waals surface area contributed by atoms with Crippen molar-refractivity contribution in [2.45, 2.75) is 59.7 Å². The number of aromatic nitrogens is 4. The average Bonchev–Trinajstić information content (AvgIpc) is 3.49. The Morgan fingerprint density at radius 2 is 1.90 bits per heavy atom. The molecule has 0 radical (unpaired) electrons. The van der Waals surface area contributed by atoms with Gasteiger partial charge in [0.2, 0.25) is 0 Å². The van der Waals surface area contributed by atoms with Crippen molar-refractivity contribution in [1.29, 1.82) is 0 Å². The van der Waals surface area contributed by atoms with Crippen molar-refractivity contribution in [3.05, 3.63) is 57.1 Å².